The summed E-state index contributed by atoms with van der Waals surface area (Å²) in [5.41, 5.74) is 0. The number of ketones is 1. The fraction of sp³-hybridized carbons (Fsp3) is 0.923. The van der Waals surface area contributed by atoms with Gasteiger partial charge in [0, 0.05) is 19.6 Å². The third kappa shape index (κ3) is 3.29. The third-order valence-electron chi connectivity index (χ3n) is 3.45. The van der Waals surface area contributed by atoms with E-state index in [4.69, 9.17) is 9.47 Å². The fourth-order valence-corrected chi connectivity index (χ4v) is 2.39. The second-order valence-electron chi connectivity index (χ2n) is 4.85. The van der Waals surface area contributed by atoms with Gasteiger partial charge in [-0.2, -0.15) is 0 Å². The van der Waals surface area contributed by atoms with Crippen LogP contribution < -0.4 is 0 Å². The molecule has 3 heteroatoms. The number of rotatable bonds is 7. The van der Waals surface area contributed by atoms with Gasteiger partial charge in [0.25, 0.3) is 0 Å². The number of Topliss-reactive ketones (excluding diaryl/α,β-unsaturated/α-hetero) is 1. The summed E-state index contributed by atoms with van der Waals surface area (Å²) in [6, 6.07) is 0. The predicted octanol–water partition coefficient (Wildman–Crippen LogP) is 2.33. The lowest BCUT2D eigenvalue weighted by Gasteiger charge is -2.16. The molecule has 0 aromatic heterocycles. The molecule has 1 aliphatic carbocycles. The fourth-order valence-electron chi connectivity index (χ4n) is 2.39. The van der Waals surface area contributed by atoms with Crippen molar-refractivity contribution in [3.8, 4) is 0 Å². The van der Waals surface area contributed by atoms with Crippen molar-refractivity contribution in [2.75, 3.05) is 13.2 Å². The Hall–Kier alpha value is -0.410. The van der Waals surface area contributed by atoms with E-state index in [1.165, 1.54) is 0 Å². The summed E-state index contributed by atoms with van der Waals surface area (Å²) >= 11 is 0. The molecule has 0 bridgehead atoms. The van der Waals surface area contributed by atoms with Crippen LogP contribution in [0.25, 0.3) is 0 Å². The Bertz CT molecular complexity index is 229. The Morgan fingerprint density at radius 1 is 1.44 bits per heavy atom. The molecule has 92 valence electrons. The second-order valence-corrected chi connectivity index (χ2v) is 4.85. The first-order chi connectivity index (χ1) is 7.81. The minimum absolute atomic E-state index is 0.119. The molecule has 2 rings (SSSR count). The number of hydrogen-bond donors (Lipinski definition) is 0. The minimum Gasteiger partial charge on any atom is -0.378 e. The molecule has 0 amide bonds. The summed E-state index contributed by atoms with van der Waals surface area (Å²) in [7, 11) is 0. The van der Waals surface area contributed by atoms with Crippen molar-refractivity contribution in [2.45, 2.75) is 57.7 Å². The van der Waals surface area contributed by atoms with Crippen LogP contribution >= 0.6 is 0 Å². The second kappa shape index (κ2) is 5.78. The topological polar surface area (TPSA) is 35.5 Å². The summed E-state index contributed by atoms with van der Waals surface area (Å²) in [5, 5.41) is 0. The molecule has 1 heterocycles. The number of hydrogen-bond acceptors (Lipinski definition) is 3. The molecule has 3 nitrogen and oxygen atoms in total. The number of carbonyl (C=O) groups is 1. The van der Waals surface area contributed by atoms with Gasteiger partial charge in [0.2, 0.25) is 0 Å². The van der Waals surface area contributed by atoms with Crippen molar-refractivity contribution >= 4 is 5.78 Å². The van der Waals surface area contributed by atoms with E-state index < -0.39 is 0 Å². The van der Waals surface area contributed by atoms with Crippen LogP contribution in [0.3, 0.4) is 0 Å². The zero-order valence-electron chi connectivity index (χ0n) is 10.1. The molecule has 16 heavy (non-hydrogen) atoms. The van der Waals surface area contributed by atoms with Crippen LogP contribution in [0.5, 0.6) is 0 Å². The molecule has 2 fully saturated rings. The first-order valence-corrected chi connectivity index (χ1v) is 6.57. The molecule has 2 atom stereocenters. The predicted molar refractivity (Wildman–Crippen MR) is 61.4 cm³/mol. The Kier molecular flexibility index (Phi) is 4.36. The largest absolute Gasteiger partial charge is 0.378 e. The molecule has 1 saturated carbocycles. The normalized spacial score (nSPS) is 26.9. The van der Waals surface area contributed by atoms with Crippen LogP contribution in [-0.2, 0) is 14.3 Å². The van der Waals surface area contributed by atoms with Crippen LogP contribution in [0.4, 0.5) is 0 Å². The third-order valence-corrected chi connectivity index (χ3v) is 3.45. The highest BCUT2D eigenvalue weighted by Crippen LogP contribution is 2.35. The van der Waals surface area contributed by atoms with Gasteiger partial charge in [0.05, 0.1) is 6.10 Å². The van der Waals surface area contributed by atoms with Gasteiger partial charge in [-0.3, -0.25) is 4.79 Å². The molecule has 1 aliphatic heterocycles. The molecular weight excluding hydrogens is 204 g/mol. The standard InChI is InChI=1S/C13H22O3/c1-2-15-13(10-5-6-10)12(14)8-7-11-4-3-9-16-11/h10-11,13H,2-9H2,1H3. The van der Waals surface area contributed by atoms with Crippen LogP contribution in [0.2, 0.25) is 0 Å². The summed E-state index contributed by atoms with van der Waals surface area (Å²) in [4.78, 5) is 12.0. The van der Waals surface area contributed by atoms with Crippen molar-refractivity contribution in [3.63, 3.8) is 0 Å². The Morgan fingerprint density at radius 3 is 2.81 bits per heavy atom. The average molecular weight is 226 g/mol. The summed E-state index contributed by atoms with van der Waals surface area (Å²) in [5.74, 6) is 0.803. The van der Waals surface area contributed by atoms with E-state index in [1.54, 1.807) is 0 Å². The molecule has 0 N–H and O–H groups in total. The monoisotopic (exact) mass is 226 g/mol. The van der Waals surface area contributed by atoms with Gasteiger partial charge in [-0.1, -0.05) is 0 Å². The van der Waals surface area contributed by atoms with Gasteiger partial charge in [-0.25, -0.2) is 0 Å². The van der Waals surface area contributed by atoms with E-state index in [9.17, 15) is 4.79 Å². The molecular formula is C13H22O3. The Morgan fingerprint density at radius 2 is 2.25 bits per heavy atom. The maximum absolute atomic E-state index is 12.0. The zero-order valence-corrected chi connectivity index (χ0v) is 10.1. The van der Waals surface area contributed by atoms with E-state index in [2.05, 4.69) is 0 Å². The number of ether oxygens (including phenoxy) is 2. The van der Waals surface area contributed by atoms with E-state index in [-0.39, 0.29) is 6.10 Å². The van der Waals surface area contributed by atoms with Gasteiger partial charge < -0.3 is 9.47 Å². The van der Waals surface area contributed by atoms with Crippen molar-refractivity contribution in [1.29, 1.82) is 0 Å². The highest BCUT2D eigenvalue weighted by atomic mass is 16.5. The van der Waals surface area contributed by atoms with E-state index in [0.29, 0.717) is 30.8 Å². The molecule has 2 unspecified atom stereocenters. The van der Waals surface area contributed by atoms with Gasteiger partial charge in [0.1, 0.15) is 6.10 Å². The van der Waals surface area contributed by atoms with Crippen LogP contribution in [0, 0.1) is 5.92 Å². The van der Waals surface area contributed by atoms with E-state index >= 15 is 0 Å². The van der Waals surface area contributed by atoms with Gasteiger partial charge >= 0.3 is 0 Å². The Balaban J connectivity index is 1.71. The molecule has 0 aromatic rings. The summed E-state index contributed by atoms with van der Waals surface area (Å²) in [6.45, 7) is 3.48. The zero-order chi connectivity index (χ0) is 11.4. The molecule has 0 aromatic carbocycles. The maximum Gasteiger partial charge on any atom is 0.161 e. The van der Waals surface area contributed by atoms with Crippen molar-refractivity contribution in [3.05, 3.63) is 0 Å². The summed E-state index contributed by atoms with van der Waals surface area (Å²) < 4.78 is 11.1. The van der Waals surface area contributed by atoms with Crippen LogP contribution in [0.1, 0.15) is 45.4 Å². The van der Waals surface area contributed by atoms with Gasteiger partial charge in [-0.15, -0.1) is 0 Å². The summed E-state index contributed by atoms with van der Waals surface area (Å²) in [6.07, 6.45) is 6.32. The molecule has 0 radical (unpaired) electrons. The highest BCUT2D eigenvalue weighted by molar-refractivity contribution is 5.83. The van der Waals surface area contributed by atoms with E-state index in [1.807, 2.05) is 6.92 Å². The van der Waals surface area contributed by atoms with Crippen LogP contribution in [-0.4, -0.2) is 31.2 Å². The van der Waals surface area contributed by atoms with E-state index in [0.717, 1.165) is 38.7 Å². The SMILES string of the molecule is CCOC(C(=O)CCC1CCCO1)C1CC1. The maximum atomic E-state index is 12.0. The first kappa shape index (κ1) is 12.1. The van der Waals surface area contributed by atoms with Crippen LogP contribution in [0.15, 0.2) is 0 Å². The average Bonchev–Trinajstić information content (AvgIpc) is 2.99. The van der Waals surface area contributed by atoms with Gasteiger partial charge in [0.15, 0.2) is 5.78 Å². The Labute approximate surface area is 97.5 Å². The van der Waals surface area contributed by atoms with Crippen molar-refractivity contribution in [2.24, 2.45) is 5.92 Å². The first-order valence-electron chi connectivity index (χ1n) is 6.57. The lowest BCUT2D eigenvalue weighted by atomic mass is 10.0. The molecule has 2 aliphatic rings. The van der Waals surface area contributed by atoms with Crippen molar-refractivity contribution in [1.82, 2.24) is 0 Å². The molecule has 1 saturated heterocycles. The smallest absolute Gasteiger partial charge is 0.161 e. The highest BCUT2D eigenvalue weighted by Gasteiger charge is 2.36. The van der Waals surface area contributed by atoms with Crippen molar-refractivity contribution < 1.29 is 14.3 Å². The lowest BCUT2D eigenvalue weighted by Crippen LogP contribution is -2.27. The van der Waals surface area contributed by atoms with Gasteiger partial charge in [-0.05, 0) is 44.9 Å². The molecule has 0 spiro atoms. The quantitative estimate of drug-likeness (QED) is 0.668. The lowest BCUT2D eigenvalue weighted by molar-refractivity contribution is -0.132. The number of carbonyl (C=O) groups excluding carboxylic acids is 1. The minimum atomic E-state index is -0.119.